The molecule has 2 aliphatic heterocycles. The third-order valence-electron chi connectivity index (χ3n) is 3.98. The number of benzene rings is 1. The van der Waals surface area contributed by atoms with Crippen molar-refractivity contribution in [1.29, 1.82) is 0 Å². The molecule has 0 spiro atoms. The molecule has 2 heterocycles. The second-order valence-electron chi connectivity index (χ2n) is 5.77. The van der Waals surface area contributed by atoms with Gasteiger partial charge in [-0.15, -0.1) is 23.4 Å². The molecule has 2 aliphatic rings. The summed E-state index contributed by atoms with van der Waals surface area (Å²) in [6, 6.07) is 5.55. The van der Waals surface area contributed by atoms with Crippen molar-refractivity contribution in [2.75, 3.05) is 12.3 Å². The highest BCUT2D eigenvalue weighted by molar-refractivity contribution is 8.00. The van der Waals surface area contributed by atoms with Crippen molar-refractivity contribution in [2.24, 2.45) is 0 Å². The first kappa shape index (κ1) is 18.2. The molecule has 2 amide bonds. The number of carbonyl (C=O) groups is 3. The zero-order valence-corrected chi connectivity index (χ0v) is 15.3. The molecule has 10 heteroatoms. The Morgan fingerprint density at radius 2 is 2.04 bits per heavy atom. The van der Waals surface area contributed by atoms with Gasteiger partial charge < -0.3 is 14.8 Å². The molecular weight excluding hydrogens is 391 g/mol. The van der Waals surface area contributed by atoms with Crippen molar-refractivity contribution in [2.45, 2.75) is 23.2 Å². The summed E-state index contributed by atoms with van der Waals surface area (Å²) in [5.41, 5.74) is 0. The standard InChI is InChI=1S/C15H14Cl2N2O5S/c1-8(20)19(24-10-4-2-9(16)3-5-10)11-12(21)18-6-15(17,14(22)23)7-25-13(11)18/h2-5,11,13H,6-7H2,1H3,(H,22,23)/t11?,13-,15?/m1/s1. The number of hydroxylamine groups is 2. The number of halogens is 2. The van der Waals surface area contributed by atoms with Crippen LogP contribution in [0.15, 0.2) is 24.3 Å². The lowest BCUT2D eigenvalue weighted by atomic mass is 10.0. The van der Waals surface area contributed by atoms with Crippen molar-refractivity contribution in [3.05, 3.63) is 29.3 Å². The Kier molecular flexibility index (Phi) is 4.78. The lowest BCUT2D eigenvalue weighted by Crippen LogP contribution is -2.75. The first-order chi connectivity index (χ1) is 11.7. The first-order valence-corrected chi connectivity index (χ1v) is 9.11. The van der Waals surface area contributed by atoms with Crippen LogP contribution in [-0.4, -0.2) is 61.4 Å². The average molecular weight is 405 g/mol. The summed E-state index contributed by atoms with van der Waals surface area (Å²) in [7, 11) is 0. The van der Waals surface area contributed by atoms with Gasteiger partial charge >= 0.3 is 5.97 Å². The number of aliphatic carboxylic acids is 1. The van der Waals surface area contributed by atoms with E-state index < -0.39 is 34.1 Å². The summed E-state index contributed by atoms with van der Waals surface area (Å²) in [5.74, 6) is -1.51. The third-order valence-corrected chi connectivity index (χ3v) is 6.32. The van der Waals surface area contributed by atoms with Gasteiger partial charge in [0.05, 0.1) is 6.54 Å². The normalized spacial score (nSPS) is 28.0. The largest absolute Gasteiger partial charge is 0.480 e. The molecule has 0 aliphatic carbocycles. The molecule has 1 aromatic carbocycles. The zero-order valence-electron chi connectivity index (χ0n) is 13.0. The Balaban J connectivity index is 1.76. The molecule has 2 unspecified atom stereocenters. The van der Waals surface area contributed by atoms with Gasteiger partial charge in [-0.25, -0.2) is 0 Å². The maximum absolute atomic E-state index is 12.5. The van der Waals surface area contributed by atoms with Crippen molar-refractivity contribution >= 4 is 52.7 Å². The van der Waals surface area contributed by atoms with Gasteiger partial charge in [-0.1, -0.05) is 11.6 Å². The number of amides is 2. The van der Waals surface area contributed by atoms with Crippen molar-refractivity contribution < 1.29 is 24.3 Å². The second kappa shape index (κ2) is 6.59. The van der Waals surface area contributed by atoms with E-state index in [1.54, 1.807) is 24.3 Å². The lowest BCUT2D eigenvalue weighted by molar-refractivity contribution is -0.190. The molecule has 0 bridgehead atoms. The SMILES string of the molecule is CC(=O)N(Oc1ccc(Cl)cc1)C1C(=O)N2CC(Cl)(C(=O)O)CS[C@H]12. The fraction of sp³-hybridized carbons (Fsp3) is 0.400. The van der Waals surface area contributed by atoms with Crippen LogP contribution in [0.2, 0.25) is 5.02 Å². The summed E-state index contributed by atoms with van der Waals surface area (Å²) >= 11 is 13.1. The summed E-state index contributed by atoms with van der Waals surface area (Å²) in [5, 5.41) is 10.3. The highest BCUT2D eigenvalue weighted by Crippen LogP contribution is 2.43. The van der Waals surface area contributed by atoms with Crippen LogP contribution in [-0.2, 0) is 14.4 Å². The van der Waals surface area contributed by atoms with E-state index >= 15 is 0 Å². The van der Waals surface area contributed by atoms with Gasteiger partial charge in [0.2, 0.25) is 0 Å². The molecule has 134 valence electrons. The number of rotatable bonds is 4. The number of carboxylic acids is 1. The molecule has 1 aromatic rings. The minimum Gasteiger partial charge on any atom is -0.480 e. The van der Waals surface area contributed by atoms with Crippen LogP contribution in [0.25, 0.3) is 0 Å². The zero-order chi connectivity index (χ0) is 18.4. The highest BCUT2D eigenvalue weighted by atomic mass is 35.5. The fourth-order valence-corrected chi connectivity index (χ4v) is 4.52. The molecule has 2 saturated heterocycles. The maximum Gasteiger partial charge on any atom is 0.327 e. The van der Waals surface area contributed by atoms with E-state index in [1.807, 2.05) is 0 Å². The molecule has 0 radical (unpaired) electrons. The fourth-order valence-electron chi connectivity index (χ4n) is 2.66. The second-order valence-corrected chi connectivity index (χ2v) is 8.04. The quantitative estimate of drug-likeness (QED) is 0.467. The van der Waals surface area contributed by atoms with E-state index in [9.17, 15) is 19.5 Å². The number of fused-ring (bicyclic) bond motifs is 1. The summed E-state index contributed by atoms with van der Waals surface area (Å²) in [6.45, 7) is 1.19. The van der Waals surface area contributed by atoms with Crippen LogP contribution in [0.5, 0.6) is 5.75 Å². The molecule has 3 atom stereocenters. The number of β-lactam (4-membered cyclic amide) rings is 1. The first-order valence-electron chi connectivity index (χ1n) is 7.31. The van der Waals surface area contributed by atoms with Crippen molar-refractivity contribution in [3.8, 4) is 5.75 Å². The minimum atomic E-state index is -1.51. The summed E-state index contributed by atoms with van der Waals surface area (Å²) in [6.07, 6.45) is 0. The van der Waals surface area contributed by atoms with E-state index in [-0.39, 0.29) is 12.3 Å². The smallest absolute Gasteiger partial charge is 0.327 e. The number of thioether (sulfide) groups is 1. The molecule has 25 heavy (non-hydrogen) atoms. The van der Waals surface area contributed by atoms with Crippen molar-refractivity contribution in [3.63, 3.8) is 0 Å². The van der Waals surface area contributed by atoms with E-state index in [2.05, 4.69) is 0 Å². The van der Waals surface area contributed by atoms with Crippen molar-refractivity contribution in [1.82, 2.24) is 9.96 Å². The predicted molar refractivity (Wildman–Crippen MR) is 92.6 cm³/mol. The maximum atomic E-state index is 12.5. The molecular formula is C15H14Cl2N2O5S. The van der Waals surface area contributed by atoms with Gasteiger partial charge in [0.25, 0.3) is 11.8 Å². The van der Waals surface area contributed by atoms with Crippen LogP contribution in [0.3, 0.4) is 0 Å². The van der Waals surface area contributed by atoms with E-state index in [1.165, 1.54) is 23.6 Å². The Morgan fingerprint density at radius 3 is 2.60 bits per heavy atom. The van der Waals surface area contributed by atoms with Crippen LogP contribution in [0, 0.1) is 0 Å². The number of hydrogen-bond donors (Lipinski definition) is 1. The third kappa shape index (κ3) is 3.26. The van der Waals surface area contributed by atoms with Gasteiger partial charge in [0.15, 0.2) is 16.7 Å². The van der Waals surface area contributed by atoms with Gasteiger partial charge in [-0.2, -0.15) is 5.06 Å². The van der Waals surface area contributed by atoms with Gasteiger partial charge in [-0.3, -0.25) is 14.4 Å². The van der Waals surface area contributed by atoms with Crippen LogP contribution >= 0.6 is 35.0 Å². The molecule has 0 saturated carbocycles. The predicted octanol–water partition coefficient (Wildman–Crippen LogP) is 1.83. The molecule has 2 fully saturated rings. The Morgan fingerprint density at radius 1 is 1.40 bits per heavy atom. The minimum absolute atomic E-state index is 0.108. The van der Waals surface area contributed by atoms with Gasteiger partial charge in [0, 0.05) is 17.7 Å². The average Bonchev–Trinajstić information content (AvgIpc) is 2.56. The Labute approximate surface area is 157 Å². The summed E-state index contributed by atoms with van der Waals surface area (Å²) < 4.78 is 0. The van der Waals surface area contributed by atoms with Gasteiger partial charge in [0.1, 0.15) is 5.37 Å². The van der Waals surface area contributed by atoms with E-state index in [4.69, 9.17) is 28.0 Å². The molecule has 1 N–H and O–H groups in total. The summed E-state index contributed by atoms with van der Waals surface area (Å²) in [4.78, 5) is 41.1. The van der Waals surface area contributed by atoms with Crippen LogP contribution in [0.4, 0.5) is 0 Å². The molecule has 3 rings (SSSR count). The lowest BCUT2D eigenvalue weighted by Gasteiger charge is -2.54. The number of nitrogens with zero attached hydrogens (tertiary/aromatic N) is 2. The monoisotopic (exact) mass is 404 g/mol. The molecule has 7 nitrogen and oxygen atoms in total. The number of carboxylic acid groups (broad SMARTS) is 1. The highest BCUT2D eigenvalue weighted by Gasteiger charge is 2.59. The Bertz CT molecular complexity index is 731. The van der Waals surface area contributed by atoms with Crippen LogP contribution < -0.4 is 4.84 Å². The number of hydrogen-bond acceptors (Lipinski definition) is 5. The van der Waals surface area contributed by atoms with E-state index in [0.29, 0.717) is 10.8 Å². The van der Waals surface area contributed by atoms with Crippen LogP contribution in [0.1, 0.15) is 6.92 Å². The number of alkyl halides is 1. The molecule has 0 aromatic heterocycles. The Hall–Kier alpha value is -1.64. The number of carbonyl (C=O) groups excluding carboxylic acids is 2. The van der Waals surface area contributed by atoms with Gasteiger partial charge in [-0.05, 0) is 24.3 Å². The van der Waals surface area contributed by atoms with E-state index in [0.717, 1.165) is 5.06 Å². The topological polar surface area (TPSA) is 87.2 Å².